The third-order valence-electron chi connectivity index (χ3n) is 8.25. The van der Waals surface area contributed by atoms with Crippen LogP contribution in [0.25, 0.3) is 0 Å². The van der Waals surface area contributed by atoms with E-state index in [4.69, 9.17) is 5.73 Å². The van der Waals surface area contributed by atoms with Crippen LogP contribution in [-0.4, -0.2) is 102 Å². The van der Waals surface area contributed by atoms with Crippen LogP contribution < -0.4 is 32.3 Å². The molecule has 0 aliphatic carbocycles. The minimum atomic E-state index is -4.61. The first kappa shape index (κ1) is 46.2. The van der Waals surface area contributed by atoms with E-state index >= 15 is 0 Å². The van der Waals surface area contributed by atoms with Gasteiger partial charge in [-0.05, 0) is 83.1 Å². The molecule has 2 unspecified atom stereocenters. The number of amides is 5. The number of carbonyl (C=O) groups excluding carboxylic acids is 5. The summed E-state index contributed by atoms with van der Waals surface area (Å²) in [5.41, 5.74) is 4.08. The minimum absolute atomic E-state index is 0.128. The van der Waals surface area contributed by atoms with Gasteiger partial charge in [0.25, 0.3) is 16.0 Å². The molecule has 1 aromatic rings. The lowest BCUT2D eigenvalue weighted by Crippen LogP contribution is -2.55. The first-order valence-corrected chi connectivity index (χ1v) is 18.8. The van der Waals surface area contributed by atoms with Crippen LogP contribution in [0.15, 0.2) is 24.3 Å². The van der Waals surface area contributed by atoms with Crippen LogP contribution in [-0.2, 0) is 38.9 Å². The van der Waals surface area contributed by atoms with Crippen LogP contribution in [0, 0.1) is 10.8 Å². The topological polar surface area (TPSA) is 300 Å². The summed E-state index contributed by atoms with van der Waals surface area (Å²) in [5.74, 6) is -7.56. The number of nitrogens with one attached hydrogen (secondary N) is 5. The fraction of sp³-hybridized carbons (Fsp3) is 0.618. The lowest BCUT2D eigenvalue weighted by Gasteiger charge is -2.32. The summed E-state index contributed by atoms with van der Waals surface area (Å²) in [6.07, 6.45) is 0.138. The summed E-state index contributed by atoms with van der Waals surface area (Å²) in [6, 6.07) is 2.54. The fourth-order valence-electron chi connectivity index (χ4n) is 5.29. The van der Waals surface area contributed by atoms with Gasteiger partial charge < -0.3 is 42.5 Å². The van der Waals surface area contributed by atoms with E-state index in [1.807, 2.05) is 6.92 Å². The molecule has 1 aromatic carbocycles. The predicted molar refractivity (Wildman–Crippen MR) is 194 cm³/mol. The second-order valence-corrected chi connectivity index (χ2v) is 15.6. The molecule has 53 heavy (non-hydrogen) atoms. The molecule has 298 valence electrons. The van der Waals surface area contributed by atoms with E-state index in [0.29, 0.717) is 18.4 Å². The van der Waals surface area contributed by atoms with Crippen LogP contribution in [0.4, 0.5) is 5.69 Å². The van der Waals surface area contributed by atoms with Crippen molar-refractivity contribution in [3.8, 4) is 0 Å². The summed E-state index contributed by atoms with van der Waals surface area (Å²) in [6.45, 7) is 8.74. The molecule has 0 radical (unpaired) electrons. The minimum Gasteiger partial charge on any atom is -0.481 e. The molecular formula is C34H54N6O12S. The molecule has 0 saturated heterocycles. The van der Waals surface area contributed by atoms with Crippen molar-refractivity contribution in [1.82, 2.24) is 21.3 Å². The van der Waals surface area contributed by atoms with E-state index in [0.717, 1.165) is 18.7 Å². The monoisotopic (exact) mass is 770 g/mol. The van der Waals surface area contributed by atoms with Crippen molar-refractivity contribution < 1.29 is 56.7 Å². The molecule has 0 aliphatic rings. The Labute approximate surface area is 309 Å². The highest BCUT2D eigenvalue weighted by Gasteiger charge is 2.40. The van der Waals surface area contributed by atoms with Gasteiger partial charge in [-0.1, -0.05) is 20.8 Å². The largest absolute Gasteiger partial charge is 0.481 e. The Balaban J connectivity index is 2.77. The molecule has 1 rings (SSSR count). The zero-order valence-electron chi connectivity index (χ0n) is 30.8. The zero-order valence-corrected chi connectivity index (χ0v) is 31.6. The molecule has 0 spiro atoms. The van der Waals surface area contributed by atoms with E-state index in [9.17, 15) is 56.7 Å². The van der Waals surface area contributed by atoms with Gasteiger partial charge in [0, 0.05) is 36.2 Å². The molecule has 0 aromatic heterocycles. The standard InChI is InChI=1S/C34H54N6O12S/c1-6-17-36-22-12-10-21(11-13-22)28(43)37-18-8-7-9-23(27(35)42)38-26(41)15-14-25(30(45)46)39-29(44)24(16-19-53(50,51)52)40-31(47)33(2,3)20-34(4,5)32(48)49/h10-13,23-25,36H,6-9,14-20H2,1-5H3,(H2,35,42)(H,37,43)(H,38,41)(H,39,44)(H,40,47)(H,45,46)(H,48,49)(H,50,51,52)/t23-,24?,25?/m0/s1. The molecule has 19 heteroatoms. The molecule has 0 fully saturated rings. The van der Waals surface area contributed by atoms with Crippen LogP contribution >= 0.6 is 0 Å². The van der Waals surface area contributed by atoms with E-state index in [-0.39, 0.29) is 25.3 Å². The Bertz CT molecular complexity index is 1560. The molecule has 10 N–H and O–H groups in total. The quantitative estimate of drug-likeness (QED) is 0.0496. The number of benzene rings is 1. The Kier molecular flexibility index (Phi) is 18.4. The molecule has 0 bridgehead atoms. The van der Waals surface area contributed by atoms with Gasteiger partial charge in [0.05, 0.1) is 11.2 Å². The highest BCUT2D eigenvalue weighted by Crippen LogP contribution is 2.34. The molecule has 18 nitrogen and oxygen atoms in total. The van der Waals surface area contributed by atoms with Crippen molar-refractivity contribution in [3.05, 3.63) is 29.8 Å². The van der Waals surface area contributed by atoms with E-state index in [1.54, 1.807) is 24.3 Å². The van der Waals surface area contributed by atoms with Gasteiger partial charge in [-0.15, -0.1) is 0 Å². The number of anilines is 1. The number of nitrogens with two attached hydrogens (primary N) is 1. The second kappa shape index (κ2) is 21.1. The normalized spacial score (nSPS) is 13.5. The van der Waals surface area contributed by atoms with Gasteiger partial charge in [-0.3, -0.25) is 33.3 Å². The van der Waals surface area contributed by atoms with Crippen molar-refractivity contribution in [2.24, 2.45) is 16.6 Å². The van der Waals surface area contributed by atoms with Gasteiger partial charge in [0.15, 0.2) is 0 Å². The third kappa shape index (κ3) is 17.5. The number of rotatable bonds is 25. The average molecular weight is 771 g/mol. The molecule has 0 aliphatic heterocycles. The van der Waals surface area contributed by atoms with Gasteiger partial charge in [0.1, 0.15) is 18.1 Å². The lowest BCUT2D eigenvalue weighted by molar-refractivity contribution is -0.150. The van der Waals surface area contributed by atoms with Gasteiger partial charge in [-0.2, -0.15) is 8.42 Å². The number of hydrogen-bond donors (Lipinski definition) is 9. The lowest BCUT2D eigenvalue weighted by atomic mass is 9.74. The highest BCUT2D eigenvalue weighted by molar-refractivity contribution is 7.85. The summed E-state index contributed by atoms with van der Waals surface area (Å²) < 4.78 is 32.1. The van der Waals surface area contributed by atoms with Crippen molar-refractivity contribution in [3.63, 3.8) is 0 Å². The van der Waals surface area contributed by atoms with Gasteiger partial charge in [-0.25, -0.2) is 4.79 Å². The van der Waals surface area contributed by atoms with Crippen molar-refractivity contribution in [2.45, 2.75) is 104 Å². The number of carboxylic acid groups (broad SMARTS) is 2. The number of hydrogen-bond acceptors (Lipinski definition) is 10. The molecule has 0 saturated carbocycles. The number of unbranched alkanes of at least 4 members (excludes halogenated alkanes) is 1. The summed E-state index contributed by atoms with van der Waals surface area (Å²) in [4.78, 5) is 86.9. The first-order valence-electron chi connectivity index (χ1n) is 17.2. The number of carbonyl (C=O) groups is 7. The fourth-order valence-corrected chi connectivity index (χ4v) is 5.83. The van der Waals surface area contributed by atoms with E-state index in [1.165, 1.54) is 27.7 Å². The average Bonchev–Trinajstić information content (AvgIpc) is 3.05. The maximum Gasteiger partial charge on any atom is 0.326 e. The maximum atomic E-state index is 13.1. The SMILES string of the molecule is CCCNc1ccc(C(=O)NCCCC[C@H](NC(=O)CCC(NC(=O)C(CCS(=O)(=O)O)NC(=O)C(C)(C)CC(C)(C)C(=O)O)C(=O)O)C(N)=O)cc1. The van der Waals surface area contributed by atoms with Crippen molar-refractivity contribution in [2.75, 3.05) is 24.2 Å². The van der Waals surface area contributed by atoms with Crippen LogP contribution in [0.2, 0.25) is 0 Å². The smallest absolute Gasteiger partial charge is 0.326 e. The van der Waals surface area contributed by atoms with E-state index < -0.39 is 99.7 Å². The van der Waals surface area contributed by atoms with Crippen LogP contribution in [0.3, 0.4) is 0 Å². The number of aliphatic carboxylic acids is 2. The predicted octanol–water partition coefficient (Wildman–Crippen LogP) is 1.02. The Morgan fingerprint density at radius 2 is 1.42 bits per heavy atom. The second-order valence-electron chi connectivity index (χ2n) is 14.1. The summed E-state index contributed by atoms with van der Waals surface area (Å²) in [5, 5.41) is 32.1. The maximum absolute atomic E-state index is 13.1. The van der Waals surface area contributed by atoms with Crippen molar-refractivity contribution in [1.29, 1.82) is 0 Å². The van der Waals surface area contributed by atoms with Gasteiger partial charge in [0.2, 0.25) is 23.6 Å². The summed E-state index contributed by atoms with van der Waals surface area (Å²) in [7, 11) is -4.61. The Morgan fingerprint density at radius 1 is 0.792 bits per heavy atom. The van der Waals surface area contributed by atoms with Crippen LogP contribution in [0.5, 0.6) is 0 Å². The molecule has 0 heterocycles. The Morgan fingerprint density at radius 3 is 1.94 bits per heavy atom. The molecule has 5 amide bonds. The highest BCUT2D eigenvalue weighted by atomic mass is 32.2. The number of carboxylic acids is 2. The van der Waals surface area contributed by atoms with Gasteiger partial charge >= 0.3 is 11.9 Å². The van der Waals surface area contributed by atoms with Crippen LogP contribution in [0.1, 0.15) is 96.3 Å². The first-order chi connectivity index (χ1) is 24.5. The van der Waals surface area contributed by atoms with E-state index in [2.05, 4.69) is 26.6 Å². The number of primary amides is 1. The summed E-state index contributed by atoms with van der Waals surface area (Å²) >= 11 is 0. The molecule has 3 atom stereocenters. The van der Waals surface area contributed by atoms with Crippen molar-refractivity contribution >= 4 is 57.3 Å². The zero-order chi connectivity index (χ0) is 40.6. The Hall–Kier alpha value is -4.78. The third-order valence-corrected chi connectivity index (χ3v) is 9.00. The molecular weight excluding hydrogens is 716 g/mol.